The zero-order valence-electron chi connectivity index (χ0n) is 13.0. The summed E-state index contributed by atoms with van der Waals surface area (Å²) in [6, 6.07) is 10.1. The summed E-state index contributed by atoms with van der Waals surface area (Å²) in [6.45, 7) is 6.12. The topological polar surface area (TPSA) is 44.8 Å². The summed E-state index contributed by atoms with van der Waals surface area (Å²) in [5.41, 5.74) is 0.679. The van der Waals surface area contributed by atoms with Crippen LogP contribution in [0.2, 0.25) is 0 Å². The van der Waals surface area contributed by atoms with E-state index in [1.807, 2.05) is 51.1 Å². The van der Waals surface area contributed by atoms with E-state index in [-0.39, 0.29) is 24.8 Å². The first-order valence-electron chi connectivity index (χ1n) is 7.43. The van der Waals surface area contributed by atoms with Gasteiger partial charge in [-0.05, 0) is 39.2 Å². The van der Waals surface area contributed by atoms with E-state index >= 15 is 0 Å². The molecule has 0 amide bonds. The summed E-state index contributed by atoms with van der Waals surface area (Å²) in [4.78, 5) is 11.6. The zero-order valence-corrected chi connectivity index (χ0v) is 13.0. The van der Waals surface area contributed by atoms with Crippen LogP contribution in [0.25, 0.3) is 0 Å². The summed E-state index contributed by atoms with van der Waals surface area (Å²) in [5.74, 6) is -0.323. The van der Waals surface area contributed by atoms with Gasteiger partial charge < -0.3 is 14.2 Å². The minimum absolute atomic E-state index is 0.00114. The van der Waals surface area contributed by atoms with Crippen molar-refractivity contribution in [2.45, 2.75) is 58.0 Å². The van der Waals surface area contributed by atoms with Gasteiger partial charge in [0.05, 0.1) is 18.8 Å². The molecule has 2 rings (SSSR count). The molecule has 0 spiro atoms. The van der Waals surface area contributed by atoms with Crippen molar-refractivity contribution in [3.8, 4) is 0 Å². The molecule has 1 fully saturated rings. The van der Waals surface area contributed by atoms with Crippen molar-refractivity contribution in [3.63, 3.8) is 0 Å². The average molecular weight is 292 g/mol. The van der Waals surface area contributed by atoms with Gasteiger partial charge >= 0.3 is 5.97 Å². The van der Waals surface area contributed by atoms with Gasteiger partial charge in [0, 0.05) is 0 Å². The van der Waals surface area contributed by atoms with Gasteiger partial charge in [-0.25, -0.2) is 4.79 Å². The third-order valence-electron chi connectivity index (χ3n) is 3.29. The average Bonchev–Trinajstić information content (AvgIpc) is 2.37. The van der Waals surface area contributed by atoms with Gasteiger partial charge in [0.2, 0.25) is 0 Å². The first-order valence-corrected chi connectivity index (χ1v) is 7.43. The van der Waals surface area contributed by atoms with Crippen LogP contribution in [0.15, 0.2) is 30.3 Å². The van der Waals surface area contributed by atoms with Crippen LogP contribution in [-0.2, 0) is 25.6 Å². The molecule has 1 aromatic carbocycles. The Labute approximate surface area is 126 Å². The molecule has 1 aromatic rings. The number of rotatable bonds is 6. The van der Waals surface area contributed by atoms with Gasteiger partial charge in [-0.1, -0.05) is 30.3 Å². The van der Waals surface area contributed by atoms with Gasteiger partial charge in [0.25, 0.3) is 0 Å². The molecule has 0 heterocycles. The Balaban J connectivity index is 1.67. The molecule has 2 unspecified atom stereocenters. The third kappa shape index (κ3) is 5.48. The molecule has 4 nitrogen and oxygen atoms in total. The Morgan fingerprint density at radius 1 is 1.10 bits per heavy atom. The number of carbonyl (C=O) groups is 1. The van der Waals surface area contributed by atoms with E-state index in [0.29, 0.717) is 6.61 Å². The van der Waals surface area contributed by atoms with Crippen LogP contribution >= 0.6 is 0 Å². The fourth-order valence-electron chi connectivity index (χ4n) is 2.14. The van der Waals surface area contributed by atoms with Crippen LogP contribution in [0.5, 0.6) is 0 Å². The normalized spacial score (nSPS) is 21.7. The first-order chi connectivity index (χ1) is 9.94. The third-order valence-corrected chi connectivity index (χ3v) is 3.29. The fourth-order valence-corrected chi connectivity index (χ4v) is 2.14. The molecule has 0 bridgehead atoms. The number of hydrogen-bond donors (Lipinski definition) is 0. The van der Waals surface area contributed by atoms with Crippen LogP contribution in [0.4, 0.5) is 0 Å². The lowest BCUT2D eigenvalue weighted by Crippen LogP contribution is -2.42. The van der Waals surface area contributed by atoms with Gasteiger partial charge in [0.15, 0.2) is 0 Å². The van der Waals surface area contributed by atoms with Crippen molar-refractivity contribution < 1.29 is 19.0 Å². The molecular formula is C17H24O4. The quantitative estimate of drug-likeness (QED) is 0.756. The van der Waals surface area contributed by atoms with Crippen molar-refractivity contribution in [3.05, 3.63) is 35.9 Å². The summed E-state index contributed by atoms with van der Waals surface area (Å²) in [5, 5.41) is 0. The number of benzene rings is 1. The second-order valence-corrected chi connectivity index (χ2v) is 6.35. The molecule has 116 valence electrons. The van der Waals surface area contributed by atoms with Gasteiger partial charge in [-0.3, -0.25) is 0 Å². The Hall–Kier alpha value is -1.39. The molecule has 1 aliphatic rings. The highest BCUT2D eigenvalue weighted by atomic mass is 16.6. The van der Waals surface area contributed by atoms with Crippen molar-refractivity contribution in [2.24, 2.45) is 0 Å². The number of esters is 1. The molecule has 1 saturated carbocycles. The fraction of sp³-hybridized carbons (Fsp3) is 0.588. The van der Waals surface area contributed by atoms with E-state index in [0.717, 1.165) is 18.4 Å². The maximum Gasteiger partial charge on any atom is 0.332 e. The second kappa shape index (κ2) is 7.05. The molecule has 0 aromatic heterocycles. The highest BCUT2D eigenvalue weighted by Gasteiger charge is 2.33. The highest BCUT2D eigenvalue weighted by molar-refractivity contribution is 5.71. The number of hydrogen-bond acceptors (Lipinski definition) is 4. The second-order valence-electron chi connectivity index (χ2n) is 6.35. The first kappa shape index (κ1) is 16.0. The number of ether oxygens (including phenoxy) is 3. The lowest BCUT2D eigenvalue weighted by atomic mass is 9.91. The SMILES string of the molecule is CC(C)(C)OC(=O)COC1CCC1OCc1ccccc1. The lowest BCUT2D eigenvalue weighted by molar-refractivity contribution is -0.174. The molecular weight excluding hydrogens is 268 g/mol. The van der Waals surface area contributed by atoms with E-state index in [9.17, 15) is 4.79 Å². The molecule has 0 N–H and O–H groups in total. The molecule has 21 heavy (non-hydrogen) atoms. The Morgan fingerprint density at radius 3 is 2.29 bits per heavy atom. The smallest absolute Gasteiger partial charge is 0.332 e. The summed E-state index contributed by atoms with van der Waals surface area (Å²) in [7, 11) is 0. The maximum absolute atomic E-state index is 11.6. The largest absolute Gasteiger partial charge is 0.458 e. The number of carbonyl (C=O) groups excluding carboxylic acids is 1. The van der Waals surface area contributed by atoms with Crippen LogP contribution in [0, 0.1) is 0 Å². The van der Waals surface area contributed by atoms with E-state index < -0.39 is 5.60 Å². The molecule has 0 aliphatic heterocycles. The minimum atomic E-state index is -0.469. The Morgan fingerprint density at radius 2 is 1.71 bits per heavy atom. The zero-order chi connectivity index (χ0) is 15.3. The van der Waals surface area contributed by atoms with Gasteiger partial charge in [-0.2, -0.15) is 0 Å². The van der Waals surface area contributed by atoms with E-state index in [2.05, 4.69) is 0 Å². The van der Waals surface area contributed by atoms with Crippen LogP contribution < -0.4 is 0 Å². The van der Waals surface area contributed by atoms with Crippen molar-refractivity contribution in [1.82, 2.24) is 0 Å². The monoisotopic (exact) mass is 292 g/mol. The Kier molecular flexibility index (Phi) is 5.37. The lowest BCUT2D eigenvalue weighted by Gasteiger charge is -2.36. The van der Waals surface area contributed by atoms with Crippen LogP contribution in [0.3, 0.4) is 0 Å². The predicted molar refractivity (Wildman–Crippen MR) is 79.8 cm³/mol. The van der Waals surface area contributed by atoms with Crippen LogP contribution in [-0.4, -0.2) is 30.4 Å². The summed E-state index contributed by atoms with van der Waals surface area (Å²) in [6.07, 6.45) is 1.99. The van der Waals surface area contributed by atoms with Crippen LogP contribution in [0.1, 0.15) is 39.2 Å². The summed E-state index contributed by atoms with van der Waals surface area (Å²) >= 11 is 0. The maximum atomic E-state index is 11.6. The minimum Gasteiger partial charge on any atom is -0.458 e. The van der Waals surface area contributed by atoms with Gasteiger partial charge in [-0.15, -0.1) is 0 Å². The van der Waals surface area contributed by atoms with E-state index in [4.69, 9.17) is 14.2 Å². The molecule has 1 aliphatic carbocycles. The van der Waals surface area contributed by atoms with Gasteiger partial charge in [0.1, 0.15) is 12.2 Å². The Bertz CT molecular complexity index is 450. The molecule has 0 saturated heterocycles. The molecule has 0 radical (unpaired) electrons. The van der Waals surface area contributed by atoms with Crippen molar-refractivity contribution >= 4 is 5.97 Å². The highest BCUT2D eigenvalue weighted by Crippen LogP contribution is 2.27. The van der Waals surface area contributed by atoms with Crippen molar-refractivity contribution in [1.29, 1.82) is 0 Å². The molecule has 4 heteroatoms. The standard InChI is InChI=1S/C17H24O4/c1-17(2,3)21-16(18)12-20-15-10-9-14(15)19-11-13-7-5-4-6-8-13/h4-8,14-15H,9-12H2,1-3H3. The molecule has 2 atom stereocenters. The van der Waals surface area contributed by atoms with Crippen molar-refractivity contribution in [2.75, 3.05) is 6.61 Å². The summed E-state index contributed by atoms with van der Waals surface area (Å²) < 4.78 is 16.6. The van der Waals surface area contributed by atoms with E-state index in [1.54, 1.807) is 0 Å². The predicted octanol–water partition coefficient (Wildman–Crippen LogP) is 3.09. The van der Waals surface area contributed by atoms with E-state index in [1.165, 1.54) is 0 Å².